The summed E-state index contributed by atoms with van der Waals surface area (Å²) in [4.78, 5) is 57.0. The van der Waals surface area contributed by atoms with E-state index in [9.17, 15) is 19.2 Å². The van der Waals surface area contributed by atoms with Gasteiger partial charge in [0, 0.05) is 6.54 Å². The van der Waals surface area contributed by atoms with Crippen molar-refractivity contribution in [3.8, 4) is 0 Å². The van der Waals surface area contributed by atoms with Crippen LogP contribution in [0.25, 0.3) is 0 Å². The van der Waals surface area contributed by atoms with E-state index in [2.05, 4.69) is 68.0 Å². The number of thioether (sulfide) groups is 1. The van der Waals surface area contributed by atoms with E-state index < -0.39 is 51.3 Å². The molecule has 0 spiro atoms. The van der Waals surface area contributed by atoms with E-state index in [0.717, 1.165) is 56.3 Å². The summed E-state index contributed by atoms with van der Waals surface area (Å²) in [5.74, 6) is -0.0971. The quantitative estimate of drug-likeness (QED) is 0.0695. The molecular formula is C43H66N4O5S. The molecule has 4 N–H and O–H groups in total. The summed E-state index contributed by atoms with van der Waals surface area (Å²) in [5.41, 5.74) is 5.52. The standard InChI is InChI=1S/C43H66N4O5S/c1-11-15-17-18-19-20-21-30(13-3)22-25-32(14-4)42(53-26-16-12-2)28-34(36(48)46-43(38(44)50)27-33(43)31-23-24-31)47(29-42)37(49)35(40(5,6)7)45-39(51)52-41(8,9)10/h11,14-15,17,19-20,22,25,31,33-35H,1,4,12-13,16,18,21,23-24,26-29H2,2-3,5-10H3,(H2,44,50)(H,45,51)(H,46,48)/b17-15-,20-19-,30-22+,32-25+/t33-,34?,35+,42-,43+/m0/s1. The Hall–Kier alpha value is -3.53. The Bertz CT molecular complexity index is 1480. The number of primary amides is 1. The van der Waals surface area contributed by atoms with Gasteiger partial charge < -0.3 is 26.0 Å². The first kappa shape index (κ1) is 43.9. The molecule has 1 unspecified atom stereocenters. The third kappa shape index (κ3) is 12.0. The van der Waals surface area contributed by atoms with Crippen molar-refractivity contribution in [2.24, 2.45) is 23.0 Å². The highest BCUT2D eigenvalue weighted by molar-refractivity contribution is 8.00. The van der Waals surface area contributed by atoms with Crippen LogP contribution in [-0.4, -0.2) is 69.0 Å². The lowest BCUT2D eigenvalue weighted by Gasteiger charge is -2.36. The number of unbranched alkanes of at least 4 members (excludes halogenated alkanes) is 1. The molecule has 53 heavy (non-hydrogen) atoms. The van der Waals surface area contributed by atoms with Crippen molar-refractivity contribution in [2.75, 3.05) is 12.3 Å². The maximum atomic E-state index is 14.9. The van der Waals surface area contributed by atoms with Crippen molar-refractivity contribution >= 4 is 35.6 Å². The molecule has 0 bridgehead atoms. The number of ether oxygens (including phenoxy) is 1. The topological polar surface area (TPSA) is 131 Å². The molecule has 1 heterocycles. The molecular weight excluding hydrogens is 685 g/mol. The normalized spacial score (nSPS) is 25.7. The molecule has 0 aromatic rings. The van der Waals surface area contributed by atoms with Crippen LogP contribution >= 0.6 is 11.8 Å². The van der Waals surface area contributed by atoms with E-state index in [1.165, 1.54) is 5.57 Å². The average molecular weight is 751 g/mol. The number of nitrogens with one attached hydrogen (secondary N) is 2. The molecule has 0 aromatic carbocycles. The van der Waals surface area contributed by atoms with E-state index in [1.54, 1.807) is 43.5 Å². The number of hydrogen-bond acceptors (Lipinski definition) is 6. The Kier molecular flexibility index (Phi) is 15.5. The summed E-state index contributed by atoms with van der Waals surface area (Å²) >= 11 is 1.74. The average Bonchev–Trinajstić information content (AvgIpc) is 3.99. The summed E-state index contributed by atoms with van der Waals surface area (Å²) in [6.45, 7) is 23.4. The maximum absolute atomic E-state index is 14.9. The second-order valence-corrected chi connectivity index (χ2v) is 18.4. The first-order chi connectivity index (χ1) is 24.9. The van der Waals surface area contributed by atoms with Crippen LogP contribution in [0, 0.1) is 17.3 Å². The van der Waals surface area contributed by atoms with Crippen LogP contribution in [-0.2, 0) is 19.1 Å². The van der Waals surface area contributed by atoms with Crippen LogP contribution in [0.2, 0.25) is 0 Å². The van der Waals surface area contributed by atoms with Crippen LogP contribution in [0.4, 0.5) is 4.79 Å². The second-order valence-electron chi connectivity index (χ2n) is 16.9. The van der Waals surface area contributed by atoms with Crippen molar-refractivity contribution in [1.82, 2.24) is 15.5 Å². The van der Waals surface area contributed by atoms with Gasteiger partial charge in [0.05, 0.1) is 4.75 Å². The molecule has 9 nitrogen and oxygen atoms in total. The Morgan fingerprint density at radius 1 is 1.02 bits per heavy atom. The van der Waals surface area contributed by atoms with Gasteiger partial charge in [0.25, 0.3) is 0 Å². The van der Waals surface area contributed by atoms with Crippen LogP contribution in [0.5, 0.6) is 0 Å². The van der Waals surface area contributed by atoms with Gasteiger partial charge in [-0.25, -0.2) is 4.79 Å². The fourth-order valence-electron chi connectivity index (χ4n) is 7.06. The summed E-state index contributed by atoms with van der Waals surface area (Å²) < 4.78 is 4.90. The van der Waals surface area contributed by atoms with Crippen LogP contribution in [0.15, 0.2) is 72.9 Å². The number of carbonyl (C=O) groups excluding carboxylic acids is 4. The van der Waals surface area contributed by atoms with Crippen molar-refractivity contribution in [3.05, 3.63) is 72.9 Å². The Morgan fingerprint density at radius 2 is 1.72 bits per heavy atom. The van der Waals surface area contributed by atoms with Gasteiger partial charge in [-0.1, -0.05) is 108 Å². The fraction of sp³-hybridized carbons (Fsp3) is 0.628. The highest BCUT2D eigenvalue weighted by Crippen LogP contribution is 2.57. The van der Waals surface area contributed by atoms with Gasteiger partial charge in [0.2, 0.25) is 17.7 Å². The number of carbonyl (C=O) groups is 4. The van der Waals surface area contributed by atoms with Gasteiger partial charge in [-0.05, 0) is 101 Å². The number of alkyl carbamates (subject to hydrolysis) is 1. The van der Waals surface area contributed by atoms with E-state index >= 15 is 0 Å². The molecule has 5 atom stereocenters. The van der Waals surface area contributed by atoms with E-state index in [4.69, 9.17) is 10.5 Å². The van der Waals surface area contributed by atoms with E-state index in [1.807, 2.05) is 32.9 Å². The second kappa shape index (κ2) is 18.7. The van der Waals surface area contributed by atoms with Crippen LogP contribution < -0.4 is 16.4 Å². The van der Waals surface area contributed by atoms with Crippen molar-refractivity contribution in [2.45, 2.75) is 141 Å². The third-order valence-corrected chi connectivity index (χ3v) is 11.9. The van der Waals surface area contributed by atoms with Gasteiger partial charge in [0.1, 0.15) is 23.2 Å². The third-order valence-electron chi connectivity index (χ3n) is 10.3. The molecule has 4 amide bonds. The first-order valence-corrected chi connectivity index (χ1v) is 20.4. The molecule has 294 valence electrons. The number of likely N-dealkylation sites (tertiary alicyclic amines) is 1. The van der Waals surface area contributed by atoms with Crippen molar-refractivity contribution < 1.29 is 23.9 Å². The number of hydrogen-bond donors (Lipinski definition) is 3. The van der Waals surface area contributed by atoms with Gasteiger partial charge in [-0.2, -0.15) is 0 Å². The molecule has 2 saturated carbocycles. The number of nitrogens with two attached hydrogens (primary N) is 1. The lowest BCUT2D eigenvalue weighted by atomic mass is 9.85. The molecule has 3 fully saturated rings. The maximum Gasteiger partial charge on any atom is 0.408 e. The van der Waals surface area contributed by atoms with Gasteiger partial charge in [-0.3, -0.25) is 14.4 Å². The number of nitrogens with zero attached hydrogens (tertiary/aromatic N) is 1. The monoisotopic (exact) mass is 750 g/mol. The van der Waals surface area contributed by atoms with Crippen molar-refractivity contribution in [3.63, 3.8) is 0 Å². The lowest BCUT2D eigenvalue weighted by molar-refractivity contribution is -0.142. The zero-order valence-electron chi connectivity index (χ0n) is 33.6. The predicted octanol–water partition coefficient (Wildman–Crippen LogP) is 8.10. The largest absolute Gasteiger partial charge is 0.444 e. The molecule has 0 radical (unpaired) electrons. The Labute approximate surface area is 323 Å². The number of allylic oxidation sites excluding steroid dienone is 9. The highest BCUT2D eigenvalue weighted by atomic mass is 32.2. The zero-order chi connectivity index (χ0) is 39.6. The Balaban J connectivity index is 2.08. The minimum absolute atomic E-state index is 0.0163. The van der Waals surface area contributed by atoms with Gasteiger partial charge in [0.15, 0.2) is 0 Å². The lowest BCUT2D eigenvalue weighted by Crippen LogP contribution is -2.60. The molecule has 0 aromatic heterocycles. The first-order valence-electron chi connectivity index (χ1n) is 19.4. The number of rotatable bonds is 19. The Morgan fingerprint density at radius 3 is 2.26 bits per heavy atom. The number of amides is 4. The molecule has 3 aliphatic rings. The molecule has 1 saturated heterocycles. The zero-order valence-corrected chi connectivity index (χ0v) is 34.4. The van der Waals surface area contributed by atoms with Crippen LogP contribution in [0.3, 0.4) is 0 Å². The van der Waals surface area contributed by atoms with Crippen molar-refractivity contribution in [1.29, 1.82) is 0 Å². The summed E-state index contributed by atoms with van der Waals surface area (Å²) in [7, 11) is 0. The van der Waals surface area contributed by atoms with Crippen LogP contribution in [0.1, 0.15) is 113 Å². The van der Waals surface area contributed by atoms with Gasteiger partial charge >= 0.3 is 6.09 Å². The van der Waals surface area contributed by atoms with Gasteiger partial charge in [-0.15, -0.1) is 11.8 Å². The van der Waals surface area contributed by atoms with E-state index in [-0.39, 0.29) is 18.4 Å². The molecule has 2 aliphatic carbocycles. The summed E-state index contributed by atoms with van der Waals surface area (Å²) in [6.07, 6.45) is 22.7. The fourth-order valence-corrected chi connectivity index (χ4v) is 8.71. The molecule has 10 heteroatoms. The smallest absolute Gasteiger partial charge is 0.408 e. The molecule has 1 aliphatic heterocycles. The predicted molar refractivity (Wildman–Crippen MR) is 218 cm³/mol. The SMILES string of the molecule is C=C/C=C\C/C=C\C/C(=C/C=C(\C=C)[C@]1(SCCCC)CC(C(=O)N[C@]2(C(N)=O)C[C@H]2C2CC2)N(C(=O)[C@@H](NC(=O)OC(C)(C)C)C(C)(C)C)C1)CC. The minimum Gasteiger partial charge on any atom is -0.444 e. The van der Waals surface area contributed by atoms with E-state index in [0.29, 0.717) is 18.8 Å². The summed E-state index contributed by atoms with van der Waals surface area (Å²) in [6, 6.07) is -1.91. The highest BCUT2D eigenvalue weighted by Gasteiger charge is 2.66. The molecule has 3 rings (SSSR count). The summed E-state index contributed by atoms with van der Waals surface area (Å²) in [5, 5.41) is 5.91. The minimum atomic E-state index is -1.10.